The van der Waals surface area contributed by atoms with Crippen molar-refractivity contribution in [1.82, 2.24) is 5.32 Å². The molecule has 4 heteroatoms. The minimum atomic E-state index is -1.68. The number of nitrogens with one attached hydrogen (secondary N) is 1. The fraction of sp³-hybridized carbons (Fsp3) is 0.917. The van der Waals surface area contributed by atoms with Gasteiger partial charge >= 0.3 is 0 Å². The molecule has 1 heterocycles. The lowest BCUT2D eigenvalue weighted by Crippen LogP contribution is -2.50. The first-order valence-corrected chi connectivity index (χ1v) is 9.10. The summed E-state index contributed by atoms with van der Waals surface area (Å²) in [4.78, 5) is 11.4. The molecule has 0 radical (unpaired) electrons. The van der Waals surface area contributed by atoms with Crippen LogP contribution >= 0.6 is 0 Å². The molecule has 2 bridgehead atoms. The van der Waals surface area contributed by atoms with Crippen LogP contribution in [0.2, 0.25) is 18.1 Å². The van der Waals surface area contributed by atoms with E-state index in [1.165, 1.54) is 0 Å². The van der Waals surface area contributed by atoms with E-state index in [2.05, 4.69) is 39.2 Å². The van der Waals surface area contributed by atoms with Crippen LogP contribution in [-0.2, 0) is 9.22 Å². The van der Waals surface area contributed by atoms with Crippen LogP contribution in [0.3, 0.4) is 0 Å². The molecule has 1 amide bonds. The summed E-state index contributed by atoms with van der Waals surface area (Å²) in [6, 6.07) is 0.284. The van der Waals surface area contributed by atoms with Gasteiger partial charge in [0.15, 0.2) is 8.32 Å². The van der Waals surface area contributed by atoms with Gasteiger partial charge in [-0.05, 0) is 31.0 Å². The fourth-order valence-corrected chi connectivity index (χ4v) is 3.72. The normalized spacial score (nSPS) is 34.3. The highest BCUT2D eigenvalue weighted by molar-refractivity contribution is 6.74. The summed E-state index contributed by atoms with van der Waals surface area (Å²) < 4.78 is 6.37. The molecule has 1 saturated carbocycles. The molecule has 1 saturated heterocycles. The Balaban J connectivity index is 2.00. The molecule has 1 aliphatic carbocycles. The van der Waals surface area contributed by atoms with Crippen molar-refractivity contribution in [3.05, 3.63) is 0 Å². The van der Waals surface area contributed by atoms with Crippen molar-refractivity contribution < 1.29 is 9.22 Å². The van der Waals surface area contributed by atoms with E-state index in [0.29, 0.717) is 0 Å². The highest BCUT2D eigenvalue weighted by Gasteiger charge is 2.49. The van der Waals surface area contributed by atoms with Gasteiger partial charge in [-0.1, -0.05) is 20.8 Å². The maximum absolute atomic E-state index is 11.4. The van der Waals surface area contributed by atoms with Gasteiger partial charge in [0.05, 0.1) is 12.1 Å². The zero-order chi connectivity index (χ0) is 12.1. The molecule has 1 N–H and O–H groups in total. The first-order valence-electron chi connectivity index (χ1n) is 6.19. The Hall–Kier alpha value is -0.353. The maximum Gasteiger partial charge on any atom is 0.223 e. The van der Waals surface area contributed by atoms with E-state index in [0.717, 1.165) is 12.8 Å². The van der Waals surface area contributed by atoms with E-state index in [4.69, 9.17) is 4.43 Å². The van der Waals surface area contributed by atoms with Gasteiger partial charge in [0.2, 0.25) is 5.91 Å². The summed E-state index contributed by atoms with van der Waals surface area (Å²) in [6.07, 6.45) is 2.19. The van der Waals surface area contributed by atoms with Crippen molar-refractivity contribution >= 4 is 14.2 Å². The molecule has 3 atom stereocenters. The molecule has 0 aromatic heterocycles. The second-order valence-electron chi connectivity index (χ2n) is 6.70. The zero-order valence-corrected chi connectivity index (χ0v) is 12.0. The van der Waals surface area contributed by atoms with Crippen LogP contribution in [0.25, 0.3) is 0 Å². The Kier molecular flexibility index (Phi) is 2.70. The van der Waals surface area contributed by atoms with Gasteiger partial charge in [-0.2, -0.15) is 0 Å². The lowest BCUT2D eigenvalue weighted by molar-refractivity contribution is -0.125. The van der Waals surface area contributed by atoms with Gasteiger partial charge in [0, 0.05) is 5.92 Å². The van der Waals surface area contributed by atoms with Crippen molar-refractivity contribution in [3.8, 4) is 0 Å². The first kappa shape index (κ1) is 12.1. The van der Waals surface area contributed by atoms with Gasteiger partial charge in [-0.15, -0.1) is 0 Å². The average molecular weight is 241 g/mol. The van der Waals surface area contributed by atoms with E-state index in [-0.39, 0.29) is 29.0 Å². The number of piperidine rings is 1. The van der Waals surface area contributed by atoms with Crippen LogP contribution in [-0.4, -0.2) is 26.4 Å². The van der Waals surface area contributed by atoms with Crippen LogP contribution in [0.1, 0.15) is 33.6 Å². The average Bonchev–Trinajstić information content (AvgIpc) is 2.59. The topological polar surface area (TPSA) is 38.3 Å². The van der Waals surface area contributed by atoms with E-state index in [9.17, 15) is 4.79 Å². The first-order chi connectivity index (χ1) is 7.21. The van der Waals surface area contributed by atoms with E-state index in [1.54, 1.807) is 0 Å². The van der Waals surface area contributed by atoms with Crippen LogP contribution < -0.4 is 5.32 Å². The molecular weight excluding hydrogens is 218 g/mol. The van der Waals surface area contributed by atoms with Crippen LogP contribution in [0.5, 0.6) is 0 Å². The largest absolute Gasteiger partial charge is 0.412 e. The third kappa shape index (κ3) is 1.93. The Morgan fingerprint density at radius 3 is 2.31 bits per heavy atom. The molecule has 0 spiro atoms. The highest BCUT2D eigenvalue weighted by atomic mass is 28.4. The minimum Gasteiger partial charge on any atom is -0.412 e. The summed E-state index contributed by atoms with van der Waals surface area (Å²) in [5.74, 6) is 0.458. The second kappa shape index (κ2) is 3.57. The molecule has 92 valence electrons. The summed E-state index contributed by atoms with van der Waals surface area (Å²) in [6.45, 7) is 11.3. The third-order valence-corrected chi connectivity index (χ3v) is 8.96. The summed E-state index contributed by atoms with van der Waals surface area (Å²) >= 11 is 0. The SMILES string of the molecule is CC(C)(C)[Si](C)(C)O[C@H]1C[C@H]2C[C@@H]1NC2=O. The Bertz CT molecular complexity index is 309. The van der Waals surface area contributed by atoms with E-state index in [1.807, 2.05) is 0 Å². The van der Waals surface area contributed by atoms with E-state index < -0.39 is 8.32 Å². The number of amides is 1. The van der Waals surface area contributed by atoms with Crippen molar-refractivity contribution in [2.75, 3.05) is 0 Å². The van der Waals surface area contributed by atoms with Crippen LogP contribution in [0.15, 0.2) is 0 Å². The molecule has 1 aliphatic heterocycles. The standard InChI is InChI=1S/C12H23NO2Si/c1-12(2,3)16(4,5)15-10-7-8-6-9(10)13-11(8)14/h8-10H,6-7H2,1-5H3,(H,13,14)/t8-,9+,10+/m1/s1. The highest BCUT2D eigenvalue weighted by Crippen LogP contribution is 2.42. The number of carbonyl (C=O) groups excluding carboxylic acids is 1. The Morgan fingerprint density at radius 1 is 1.31 bits per heavy atom. The van der Waals surface area contributed by atoms with Gasteiger partial charge in [0.25, 0.3) is 0 Å². The molecule has 16 heavy (non-hydrogen) atoms. The molecule has 2 fully saturated rings. The van der Waals surface area contributed by atoms with Gasteiger partial charge in [-0.25, -0.2) is 0 Å². The second-order valence-corrected chi connectivity index (χ2v) is 11.5. The summed E-state index contributed by atoms with van der Waals surface area (Å²) in [5.41, 5.74) is 0. The summed E-state index contributed by atoms with van der Waals surface area (Å²) in [7, 11) is -1.68. The minimum absolute atomic E-state index is 0.222. The Labute approximate surface area is 99.1 Å². The van der Waals surface area contributed by atoms with Gasteiger partial charge in [-0.3, -0.25) is 4.79 Å². The zero-order valence-electron chi connectivity index (χ0n) is 11.0. The molecule has 2 aliphatic rings. The quantitative estimate of drug-likeness (QED) is 0.753. The lowest BCUT2D eigenvalue weighted by atomic mass is 10.1. The monoisotopic (exact) mass is 241 g/mol. The van der Waals surface area contributed by atoms with Crippen LogP contribution in [0.4, 0.5) is 0 Å². The van der Waals surface area contributed by atoms with Crippen LogP contribution in [0, 0.1) is 5.92 Å². The summed E-state index contributed by atoms with van der Waals surface area (Å²) in [5, 5.41) is 3.28. The predicted molar refractivity (Wildman–Crippen MR) is 66.7 cm³/mol. The number of hydrogen-bond acceptors (Lipinski definition) is 2. The number of carbonyl (C=O) groups is 1. The Morgan fingerprint density at radius 2 is 1.94 bits per heavy atom. The lowest BCUT2D eigenvalue weighted by Gasteiger charge is -2.40. The molecular formula is C12H23NO2Si. The van der Waals surface area contributed by atoms with Crippen molar-refractivity contribution in [2.45, 2.75) is 63.9 Å². The maximum atomic E-state index is 11.4. The third-order valence-electron chi connectivity index (χ3n) is 4.45. The molecule has 0 aromatic carbocycles. The molecule has 0 aromatic rings. The molecule has 0 unspecified atom stereocenters. The number of rotatable bonds is 2. The molecule has 2 rings (SSSR count). The molecule has 3 nitrogen and oxygen atoms in total. The van der Waals surface area contributed by atoms with Gasteiger partial charge < -0.3 is 9.74 Å². The van der Waals surface area contributed by atoms with Crippen molar-refractivity contribution in [2.24, 2.45) is 5.92 Å². The predicted octanol–water partition coefficient (Wildman–Crippen LogP) is 2.29. The number of fused-ring (bicyclic) bond motifs is 2. The van der Waals surface area contributed by atoms with Crippen molar-refractivity contribution in [3.63, 3.8) is 0 Å². The number of hydrogen-bond donors (Lipinski definition) is 1. The fourth-order valence-electron chi connectivity index (χ4n) is 2.35. The van der Waals surface area contributed by atoms with E-state index >= 15 is 0 Å². The smallest absolute Gasteiger partial charge is 0.223 e. The van der Waals surface area contributed by atoms with Crippen molar-refractivity contribution in [1.29, 1.82) is 0 Å². The van der Waals surface area contributed by atoms with Gasteiger partial charge in [0.1, 0.15) is 0 Å².